The van der Waals surface area contributed by atoms with Gasteiger partial charge in [-0.25, -0.2) is 9.18 Å². The quantitative estimate of drug-likeness (QED) is 0.126. The Balaban J connectivity index is 1.19. The van der Waals surface area contributed by atoms with Gasteiger partial charge in [-0.1, -0.05) is 54.6 Å². The van der Waals surface area contributed by atoms with Crippen LogP contribution in [0.2, 0.25) is 0 Å². The highest BCUT2D eigenvalue weighted by Crippen LogP contribution is 2.45. The Hall–Kier alpha value is -6.14. The van der Waals surface area contributed by atoms with Crippen molar-refractivity contribution in [3.8, 4) is 40.1 Å². The third-order valence-corrected chi connectivity index (χ3v) is 12.0. The number of fused-ring (bicyclic) bond motifs is 4. The number of amides is 1. The number of hydrogen-bond acceptors (Lipinski definition) is 10. The second-order valence-electron chi connectivity index (χ2n) is 17.3. The summed E-state index contributed by atoms with van der Waals surface area (Å²) < 4.78 is 46.6. The summed E-state index contributed by atoms with van der Waals surface area (Å²) in [5, 5.41) is 2.63. The average molecular weight is 826 g/mol. The molecule has 1 aromatic heterocycles. The molecule has 0 N–H and O–H groups in total. The smallest absolute Gasteiger partial charge is 0.410 e. The van der Waals surface area contributed by atoms with E-state index >= 15 is 4.39 Å². The van der Waals surface area contributed by atoms with Crippen LogP contribution in [0.1, 0.15) is 52.0 Å². The standard InChI is InChI=1S/C49H52FN5O6/c1-49(2,3)61-48(56)55-33-17-18-34(55)28-54(27-33)46-41-26-44(60-45-24-36(57-5)19-20-42(45)50)40(25-43(41)51-47(52-46)59-30-35-15-11-21-53(35)4)39-23-37(22-32-14-9-10-16-38(32)39)58-29-31-12-7-6-8-13-31/h6-10,12-14,16,19-20,22-26,33-35H,11,15,17-18,21,27-30H2,1-5H3/t33-,34+,35-/m0/s1. The van der Waals surface area contributed by atoms with Gasteiger partial charge in [0.2, 0.25) is 0 Å². The van der Waals surface area contributed by atoms with Crippen LogP contribution >= 0.6 is 0 Å². The van der Waals surface area contributed by atoms with E-state index in [4.69, 9.17) is 33.7 Å². The molecule has 3 aliphatic rings. The zero-order chi connectivity index (χ0) is 42.3. The Morgan fingerprint density at radius 3 is 2.31 bits per heavy atom. The molecule has 6 aromatic rings. The molecule has 0 saturated carbocycles. The minimum Gasteiger partial charge on any atom is -0.497 e. The summed E-state index contributed by atoms with van der Waals surface area (Å²) in [4.78, 5) is 30.1. The maximum absolute atomic E-state index is 15.7. The number of piperazine rings is 1. The van der Waals surface area contributed by atoms with Crippen LogP contribution in [0.15, 0.2) is 97.1 Å². The second kappa shape index (κ2) is 16.7. The molecular formula is C49H52FN5O6. The molecule has 3 atom stereocenters. The normalized spacial score (nSPS) is 19.1. The van der Waals surface area contributed by atoms with Crippen molar-refractivity contribution in [1.82, 2.24) is 19.8 Å². The van der Waals surface area contributed by atoms with Crippen LogP contribution in [0.4, 0.5) is 15.0 Å². The van der Waals surface area contributed by atoms with E-state index in [1.54, 1.807) is 12.1 Å². The summed E-state index contributed by atoms with van der Waals surface area (Å²) in [6.45, 7) is 8.61. The van der Waals surface area contributed by atoms with Crippen molar-refractivity contribution >= 4 is 33.6 Å². The number of halogens is 1. The molecule has 3 fully saturated rings. The van der Waals surface area contributed by atoms with E-state index in [0.717, 1.165) is 54.1 Å². The van der Waals surface area contributed by atoms with Gasteiger partial charge >= 0.3 is 12.1 Å². The number of benzene rings is 5. The topological polar surface area (TPSA) is 98.7 Å². The zero-order valence-electron chi connectivity index (χ0n) is 35.4. The number of rotatable bonds is 11. The van der Waals surface area contributed by atoms with Crippen LogP contribution in [-0.2, 0) is 11.3 Å². The first kappa shape index (κ1) is 40.3. The van der Waals surface area contributed by atoms with Gasteiger partial charge in [-0.15, -0.1) is 0 Å². The van der Waals surface area contributed by atoms with Crippen molar-refractivity contribution in [2.75, 3.05) is 45.3 Å². The number of methoxy groups -OCH3 is 1. The SMILES string of the molecule is COc1ccc(F)c(Oc2cc3c(N4C[C@H]5CC[C@@H](C4)N5C(=O)OC(C)(C)C)nc(OC[C@@H]4CCCN4C)nc3cc2-c2cc(OCc3ccccc3)cc3ccccc23)c1. The number of anilines is 1. The predicted molar refractivity (Wildman–Crippen MR) is 235 cm³/mol. The van der Waals surface area contributed by atoms with Crippen molar-refractivity contribution in [3.05, 3.63) is 108 Å². The number of hydrogen-bond donors (Lipinski definition) is 0. The minimum atomic E-state index is -0.606. The molecular weight excluding hydrogens is 774 g/mol. The Bertz CT molecular complexity index is 2550. The van der Waals surface area contributed by atoms with Crippen LogP contribution in [0.3, 0.4) is 0 Å². The molecule has 1 amide bonds. The summed E-state index contributed by atoms with van der Waals surface area (Å²) in [7, 11) is 3.66. The molecule has 0 unspecified atom stereocenters. The fourth-order valence-electron chi connectivity index (χ4n) is 8.91. The molecule has 11 nitrogen and oxygen atoms in total. The number of nitrogens with zero attached hydrogens (tertiary/aromatic N) is 5. The molecule has 2 bridgehead atoms. The number of ether oxygens (including phenoxy) is 5. The number of carbonyl (C=O) groups excluding carboxylic acids is 1. The molecule has 4 heterocycles. The lowest BCUT2D eigenvalue weighted by Crippen LogP contribution is -2.57. The second-order valence-corrected chi connectivity index (χ2v) is 17.3. The highest BCUT2D eigenvalue weighted by molar-refractivity contribution is 6.03. The lowest BCUT2D eigenvalue weighted by atomic mass is 9.95. The molecule has 61 heavy (non-hydrogen) atoms. The molecule has 12 heteroatoms. The highest BCUT2D eigenvalue weighted by Gasteiger charge is 2.45. The summed E-state index contributed by atoms with van der Waals surface area (Å²) in [5.41, 5.74) is 2.57. The van der Waals surface area contributed by atoms with E-state index in [-0.39, 0.29) is 36.0 Å². The summed E-state index contributed by atoms with van der Waals surface area (Å²) >= 11 is 0. The van der Waals surface area contributed by atoms with Crippen molar-refractivity contribution < 1.29 is 32.9 Å². The molecule has 0 spiro atoms. The van der Waals surface area contributed by atoms with Gasteiger partial charge in [-0.2, -0.15) is 9.97 Å². The number of aromatic nitrogens is 2. The first-order valence-electron chi connectivity index (χ1n) is 21.2. The van der Waals surface area contributed by atoms with E-state index in [0.29, 0.717) is 65.8 Å². The molecule has 5 aromatic carbocycles. The van der Waals surface area contributed by atoms with Gasteiger partial charge in [-0.3, -0.25) is 4.90 Å². The Kier molecular flexibility index (Phi) is 11.0. The Labute approximate surface area is 355 Å². The predicted octanol–water partition coefficient (Wildman–Crippen LogP) is 10.0. The first-order valence-corrected chi connectivity index (χ1v) is 21.2. The van der Waals surface area contributed by atoms with Crippen LogP contribution in [-0.4, -0.2) is 90.0 Å². The molecule has 3 saturated heterocycles. The van der Waals surface area contributed by atoms with Crippen molar-refractivity contribution in [1.29, 1.82) is 0 Å². The van der Waals surface area contributed by atoms with Gasteiger partial charge < -0.3 is 33.5 Å². The maximum atomic E-state index is 15.7. The fourth-order valence-corrected chi connectivity index (χ4v) is 8.91. The van der Waals surface area contributed by atoms with Gasteiger partial charge in [-0.05, 0) is 118 Å². The summed E-state index contributed by atoms with van der Waals surface area (Å²) in [5.74, 6) is 1.65. The zero-order valence-corrected chi connectivity index (χ0v) is 35.4. The fraction of sp³-hybridized carbons (Fsp3) is 0.367. The highest BCUT2D eigenvalue weighted by atomic mass is 19.1. The van der Waals surface area contributed by atoms with E-state index in [9.17, 15) is 4.79 Å². The molecule has 9 rings (SSSR count). The van der Waals surface area contributed by atoms with E-state index in [1.165, 1.54) is 13.2 Å². The third kappa shape index (κ3) is 8.59. The van der Waals surface area contributed by atoms with Crippen LogP contribution < -0.4 is 23.8 Å². The van der Waals surface area contributed by atoms with E-state index in [2.05, 4.69) is 29.0 Å². The van der Waals surface area contributed by atoms with Gasteiger partial charge in [0.05, 0.1) is 24.7 Å². The van der Waals surface area contributed by atoms with E-state index < -0.39 is 11.4 Å². The largest absolute Gasteiger partial charge is 0.497 e. The average Bonchev–Trinajstić information content (AvgIpc) is 3.79. The summed E-state index contributed by atoms with van der Waals surface area (Å²) in [6, 6.07) is 30.9. The third-order valence-electron chi connectivity index (χ3n) is 12.0. The molecule has 3 aliphatic heterocycles. The van der Waals surface area contributed by atoms with Gasteiger partial charge in [0.15, 0.2) is 11.6 Å². The van der Waals surface area contributed by atoms with Crippen LogP contribution in [0.5, 0.6) is 29.0 Å². The minimum absolute atomic E-state index is 0.00728. The summed E-state index contributed by atoms with van der Waals surface area (Å²) in [6.07, 6.45) is 3.56. The number of likely N-dealkylation sites (tertiary alicyclic amines) is 1. The van der Waals surface area contributed by atoms with Crippen molar-refractivity contribution in [2.45, 2.75) is 76.8 Å². The van der Waals surface area contributed by atoms with Gasteiger partial charge in [0, 0.05) is 36.1 Å². The monoisotopic (exact) mass is 825 g/mol. The maximum Gasteiger partial charge on any atom is 0.410 e. The molecule has 0 radical (unpaired) electrons. The lowest BCUT2D eigenvalue weighted by Gasteiger charge is -2.42. The van der Waals surface area contributed by atoms with Crippen molar-refractivity contribution in [3.63, 3.8) is 0 Å². The number of likely N-dealkylation sites (N-methyl/N-ethyl adjacent to an activating group) is 1. The Morgan fingerprint density at radius 1 is 0.803 bits per heavy atom. The lowest BCUT2D eigenvalue weighted by molar-refractivity contribution is 0.0122. The number of carbonyl (C=O) groups is 1. The Morgan fingerprint density at radius 2 is 1.57 bits per heavy atom. The van der Waals surface area contributed by atoms with E-state index in [1.807, 2.05) is 92.4 Å². The molecule has 316 valence electrons. The van der Waals surface area contributed by atoms with Gasteiger partial charge in [0.25, 0.3) is 0 Å². The molecule has 0 aliphatic carbocycles. The van der Waals surface area contributed by atoms with Crippen LogP contribution in [0.25, 0.3) is 32.8 Å². The first-order chi connectivity index (χ1) is 29.5. The van der Waals surface area contributed by atoms with Gasteiger partial charge in [0.1, 0.15) is 41.9 Å². The van der Waals surface area contributed by atoms with Crippen molar-refractivity contribution in [2.24, 2.45) is 0 Å². The van der Waals surface area contributed by atoms with Crippen LogP contribution in [0, 0.1) is 5.82 Å².